The zero-order valence-electron chi connectivity index (χ0n) is 8.11. The minimum atomic E-state index is 0.481. The molecule has 0 saturated heterocycles. The summed E-state index contributed by atoms with van der Waals surface area (Å²) in [4.78, 5) is 7.85. The first-order valence-corrected chi connectivity index (χ1v) is 5.61. The Labute approximate surface area is 106 Å². The number of nitrogens with zero attached hydrogens (tertiary/aromatic N) is 2. The van der Waals surface area contributed by atoms with Gasteiger partial charge in [0.25, 0.3) is 0 Å². The molecule has 0 atom stereocenters. The van der Waals surface area contributed by atoms with E-state index < -0.39 is 0 Å². The fourth-order valence-corrected chi connectivity index (χ4v) is 1.68. The molecule has 2 aromatic rings. The average Bonchev–Trinajstić information content (AvgIpc) is 2.27. The van der Waals surface area contributed by atoms with Gasteiger partial charge in [-0.15, -0.1) is 0 Å². The molecule has 1 aromatic carbocycles. The van der Waals surface area contributed by atoms with E-state index in [0.717, 1.165) is 10.2 Å². The van der Waals surface area contributed by atoms with Crippen molar-refractivity contribution in [1.29, 1.82) is 0 Å². The molecule has 0 saturated carbocycles. The largest absolute Gasteiger partial charge is 0.394 e. The quantitative estimate of drug-likeness (QED) is 0.893. The highest BCUT2D eigenvalue weighted by atomic mass is 79.9. The van der Waals surface area contributed by atoms with E-state index in [4.69, 9.17) is 17.3 Å². The Morgan fingerprint density at radius 1 is 1.38 bits per heavy atom. The van der Waals surface area contributed by atoms with Crippen molar-refractivity contribution in [3.05, 3.63) is 40.2 Å². The zero-order chi connectivity index (χ0) is 11.5. The van der Waals surface area contributed by atoms with Gasteiger partial charge in [0.2, 0.25) is 0 Å². The van der Waals surface area contributed by atoms with Gasteiger partial charge < -0.3 is 11.1 Å². The van der Waals surface area contributed by atoms with Gasteiger partial charge in [0, 0.05) is 9.50 Å². The van der Waals surface area contributed by atoms with Crippen molar-refractivity contribution < 1.29 is 0 Å². The zero-order valence-corrected chi connectivity index (χ0v) is 10.5. The van der Waals surface area contributed by atoms with E-state index >= 15 is 0 Å². The van der Waals surface area contributed by atoms with Gasteiger partial charge in [-0.25, -0.2) is 9.97 Å². The van der Waals surface area contributed by atoms with Gasteiger partial charge in [-0.1, -0.05) is 11.6 Å². The fourth-order valence-electron chi connectivity index (χ4n) is 1.17. The van der Waals surface area contributed by atoms with Crippen LogP contribution in [0.2, 0.25) is 5.02 Å². The van der Waals surface area contributed by atoms with Gasteiger partial charge >= 0.3 is 0 Å². The molecule has 6 heteroatoms. The molecule has 82 valence electrons. The lowest BCUT2D eigenvalue weighted by Crippen LogP contribution is -2.00. The maximum Gasteiger partial charge on any atom is 0.157 e. The van der Waals surface area contributed by atoms with Gasteiger partial charge in [-0.2, -0.15) is 0 Å². The monoisotopic (exact) mass is 298 g/mol. The Hall–Kier alpha value is -1.33. The van der Waals surface area contributed by atoms with Gasteiger partial charge in [-0.05, 0) is 34.1 Å². The summed E-state index contributed by atoms with van der Waals surface area (Å²) >= 11 is 9.31. The van der Waals surface area contributed by atoms with E-state index in [1.807, 2.05) is 6.07 Å². The molecule has 0 fully saturated rings. The first kappa shape index (κ1) is 11.2. The normalized spacial score (nSPS) is 10.1. The molecule has 1 heterocycles. The molecule has 0 amide bonds. The number of hydrogen-bond acceptors (Lipinski definition) is 4. The van der Waals surface area contributed by atoms with Crippen molar-refractivity contribution in [2.45, 2.75) is 0 Å². The minimum absolute atomic E-state index is 0.481. The van der Waals surface area contributed by atoms with Gasteiger partial charge in [0.05, 0.1) is 17.6 Å². The molecule has 0 aliphatic heterocycles. The van der Waals surface area contributed by atoms with E-state index in [0.29, 0.717) is 16.5 Å². The summed E-state index contributed by atoms with van der Waals surface area (Å²) < 4.78 is 0.884. The van der Waals surface area contributed by atoms with Crippen LogP contribution in [0.1, 0.15) is 0 Å². The summed E-state index contributed by atoms with van der Waals surface area (Å²) in [5.41, 5.74) is 7.01. The predicted molar refractivity (Wildman–Crippen MR) is 68.9 cm³/mol. The number of rotatable bonds is 2. The number of hydrogen-bond donors (Lipinski definition) is 2. The summed E-state index contributed by atoms with van der Waals surface area (Å²) in [5.74, 6) is 0.554. The molecular weight excluding hydrogens is 291 g/mol. The molecule has 3 N–H and O–H groups in total. The summed E-state index contributed by atoms with van der Waals surface area (Å²) in [6, 6.07) is 5.43. The molecule has 16 heavy (non-hydrogen) atoms. The second kappa shape index (κ2) is 4.67. The van der Waals surface area contributed by atoms with Crippen molar-refractivity contribution in [2.75, 3.05) is 11.1 Å². The highest BCUT2D eigenvalue weighted by Gasteiger charge is 2.04. The van der Waals surface area contributed by atoms with Gasteiger partial charge in [0.15, 0.2) is 5.82 Å². The lowest BCUT2D eigenvalue weighted by Gasteiger charge is -2.09. The summed E-state index contributed by atoms with van der Waals surface area (Å²) in [7, 11) is 0. The number of anilines is 3. The molecule has 0 radical (unpaired) electrons. The Balaban J connectivity index is 2.34. The Morgan fingerprint density at radius 2 is 2.19 bits per heavy atom. The molecule has 1 aromatic heterocycles. The topological polar surface area (TPSA) is 63.8 Å². The molecule has 4 nitrogen and oxygen atoms in total. The number of nitrogens with one attached hydrogen (secondary N) is 1. The van der Waals surface area contributed by atoms with Crippen molar-refractivity contribution in [3.8, 4) is 0 Å². The molecule has 2 rings (SSSR count). The third-order valence-corrected chi connectivity index (χ3v) is 2.85. The van der Waals surface area contributed by atoms with Crippen LogP contribution in [0.5, 0.6) is 0 Å². The van der Waals surface area contributed by atoms with Crippen LogP contribution in [0, 0.1) is 0 Å². The van der Waals surface area contributed by atoms with Crippen LogP contribution in [0.4, 0.5) is 17.2 Å². The Bertz CT molecular complexity index is 518. The number of benzene rings is 1. The molecule has 0 spiro atoms. The highest BCUT2D eigenvalue weighted by Crippen LogP contribution is 2.29. The number of nitrogen functional groups attached to an aromatic ring is 1. The Kier molecular flexibility index (Phi) is 3.26. The first-order valence-electron chi connectivity index (χ1n) is 4.44. The fraction of sp³-hybridized carbons (Fsp3) is 0. The van der Waals surface area contributed by atoms with Crippen LogP contribution in [-0.2, 0) is 0 Å². The van der Waals surface area contributed by atoms with Crippen LogP contribution >= 0.6 is 27.5 Å². The summed E-state index contributed by atoms with van der Waals surface area (Å²) in [6.07, 6.45) is 2.96. The SMILES string of the molecule is Nc1cncnc1Nc1cc(Cl)ccc1Br. The maximum atomic E-state index is 5.90. The van der Waals surface area contributed by atoms with Crippen LogP contribution in [0.3, 0.4) is 0 Å². The van der Waals surface area contributed by atoms with Crippen molar-refractivity contribution >= 4 is 44.7 Å². The van der Waals surface area contributed by atoms with E-state index in [-0.39, 0.29) is 0 Å². The van der Waals surface area contributed by atoms with E-state index in [1.165, 1.54) is 12.5 Å². The van der Waals surface area contributed by atoms with E-state index in [9.17, 15) is 0 Å². The van der Waals surface area contributed by atoms with E-state index in [1.54, 1.807) is 12.1 Å². The maximum absolute atomic E-state index is 5.90. The molecule has 0 unspecified atom stereocenters. The molecule has 0 aliphatic carbocycles. The van der Waals surface area contributed by atoms with Gasteiger partial charge in [0.1, 0.15) is 6.33 Å². The van der Waals surface area contributed by atoms with Crippen LogP contribution in [0.15, 0.2) is 35.2 Å². The second-order valence-corrected chi connectivity index (χ2v) is 4.37. The third kappa shape index (κ3) is 2.43. The third-order valence-electron chi connectivity index (χ3n) is 1.92. The number of aromatic nitrogens is 2. The van der Waals surface area contributed by atoms with Crippen LogP contribution in [0.25, 0.3) is 0 Å². The summed E-state index contributed by atoms with van der Waals surface area (Å²) in [5, 5.41) is 3.71. The van der Waals surface area contributed by atoms with Gasteiger partial charge in [-0.3, -0.25) is 0 Å². The summed E-state index contributed by atoms with van der Waals surface area (Å²) in [6.45, 7) is 0. The van der Waals surface area contributed by atoms with Crippen LogP contribution < -0.4 is 11.1 Å². The highest BCUT2D eigenvalue weighted by molar-refractivity contribution is 9.10. The van der Waals surface area contributed by atoms with Crippen molar-refractivity contribution in [1.82, 2.24) is 9.97 Å². The number of halogens is 2. The standard InChI is InChI=1S/C10H8BrClN4/c11-7-2-1-6(12)3-9(7)16-10-8(13)4-14-5-15-10/h1-5H,13H2,(H,14,15,16). The lowest BCUT2D eigenvalue weighted by atomic mass is 10.3. The second-order valence-electron chi connectivity index (χ2n) is 3.08. The average molecular weight is 300 g/mol. The Morgan fingerprint density at radius 3 is 2.94 bits per heavy atom. The van der Waals surface area contributed by atoms with Crippen molar-refractivity contribution in [3.63, 3.8) is 0 Å². The minimum Gasteiger partial charge on any atom is -0.394 e. The smallest absolute Gasteiger partial charge is 0.157 e. The molecule has 0 aliphatic rings. The van der Waals surface area contributed by atoms with Crippen molar-refractivity contribution in [2.24, 2.45) is 0 Å². The molecular formula is C10H8BrClN4. The van der Waals surface area contributed by atoms with E-state index in [2.05, 4.69) is 31.2 Å². The molecule has 0 bridgehead atoms. The predicted octanol–water partition coefficient (Wildman–Crippen LogP) is 3.22. The lowest BCUT2D eigenvalue weighted by molar-refractivity contribution is 1.17. The van der Waals surface area contributed by atoms with Crippen LogP contribution in [-0.4, -0.2) is 9.97 Å². The number of nitrogens with two attached hydrogens (primary N) is 1. The first-order chi connectivity index (χ1) is 7.66.